The van der Waals surface area contributed by atoms with Crippen molar-refractivity contribution >= 4 is 40.7 Å². The summed E-state index contributed by atoms with van der Waals surface area (Å²) in [5.41, 5.74) is 5.80. The minimum atomic E-state index is -0.831. The number of esters is 1. The lowest BCUT2D eigenvalue weighted by atomic mass is 10.2. The van der Waals surface area contributed by atoms with Crippen LogP contribution < -0.4 is 10.6 Å². The average Bonchev–Trinajstić information content (AvgIpc) is 2.75. The lowest BCUT2D eigenvalue weighted by Gasteiger charge is -2.19. The van der Waals surface area contributed by atoms with E-state index in [1.54, 1.807) is 0 Å². The first-order valence-corrected chi connectivity index (χ1v) is 6.48. The highest BCUT2D eigenvalue weighted by Gasteiger charge is 2.33. The minimum Gasteiger partial charge on any atom is -0.465 e. The monoisotopic (exact) mass is 314 g/mol. The molecule has 4 nitrogen and oxygen atoms in total. The predicted molar refractivity (Wildman–Crippen MR) is 75.8 cm³/mol. The van der Waals surface area contributed by atoms with E-state index < -0.39 is 17.6 Å². The summed E-state index contributed by atoms with van der Waals surface area (Å²) < 4.78 is 31.4. The molecule has 8 heteroatoms. The van der Waals surface area contributed by atoms with Gasteiger partial charge in [-0.15, -0.1) is 0 Å². The maximum Gasteiger partial charge on any atom is 0.348 e. The Kier molecular flexibility index (Phi) is 4.08. The Morgan fingerprint density at radius 2 is 2.20 bits per heavy atom. The maximum atomic E-state index is 13.8. The van der Waals surface area contributed by atoms with Crippen molar-refractivity contribution in [3.05, 3.63) is 45.6 Å². The highest BCUT2D eigenvalue weighted by molar-refractivity contribution is 8.08. The molecule has 0 aliphatic carbocycles. The maximum absolute atomic E-state index is 13.8. The molecule has 2 rings (SSSR count). The Labute approximate surface area is 122 Å². The number of nitrogens with zero attached hydrogens (tertiary/aromatic N) is 1. The summed E-state index contributed by atoms with van der Waals surface area (Å²) in [6, 6.07) is 2.99. The molecule has 0 unspecified atom stereocenters. The van der Waals surface area contributed by atoms with E-state index in [0.29, 0.717) is 6.07 Å². The second kappa shape index (κ2) is 5.62. The summed E-state index contributed by atoms with van der Waals surface area (Å²) in [4.78, 5) is 12.8. The number of thiocarbonyl (C=S) groups is 1. The van der Waals surface area contributed by atoms with Gasteiger partial charge in [-0.2, -0.15) is 0 Å². The molecule has 0 atom stereocenters. The Hall–Kier alpha value is -1.89. The number of anilines is 1. The molecule has 0 saturated carbocycles. The van der Waals surface area contributed by atoms with Crippen LogP contribution in [0, 0.1) is 11.6 Å². The number of halogens is 2. The average molecular weight is 314 g/mol. The van der Waals surface area contributed by atoms with Crippen LogP contribution in [0.1, 0.15) is 0 Å². The van der Waals surface area contributed by atoms with Crippen molar-refractivity contribution in [1.29, 1.82) is 0 Å². The van der Waals surface area contributed by atoms with Gasteiger partial charge in [-0.1, -0.05) is 11.8 Å². The van der Waals surface area contributed by atoms with Crippen LogP contribution >= 0.6 is 24.0 Å². The number of thioether (sulfide) groups is 1. The highest BCUT2D eigenvalue weighted by atomic mass is 32.2. The zero-order valence-corrected chi connectivity index (χ0v) is 11.8. The first kappa shape index (κ1) is 14.5. The molecule has 0 saturated heterocycles. The minimum absolute atomic E-state index is 0.0253. The highest BCUT2D eigenvalue weighted by Crippen LogP contribution is 2.42. The Balaban J connectivity index is 2.55. The third-order valence-electron chi connectivity index (χ3n) is 2.48. The molecular weight excluding hydrogens is 306 g/mol. The van der Waals surface area contributed by atoms with Crippen LogP contribution in [0.4, 0.5) is 14.5 Å². The molecule has 1 heterocycles. The molecule has 1 aliphatic rings. The number of carbonyl (C=O) groups is 1. The molecular formula is C12H8F2N2O2S2. The number of hydrogen-bond acceptors (Lipinski definition) is 6. The predicted octanol–water partition coefficient (Wildman–Crippen LogP) is 2.26. The molecule has 1 aliphatic heterocycles. The standard InChI is InChI=1S/C12H8F2N2O2S2/c1-18-12(17)10-11(15)16(9(5-19)20-10)8-3-2-6(13)4-7(8)14/h2-4H,15H2,1H3. The lowest BCUT2D eigenvalue weighted by molar-refractivity contribution is -0.135. The quantitative estimate of drug-likeness (QED) is 0.667. The van der Waals surface area contributed by atoms with Gasteiger partial charge < -0.3 is 10.5 Å². The van der Waals surface area contributed by atoms with Crippen molar-refractivity contribution < 1.29 is 18.3 Å². The molecule has 0 radical (unpaired) electrons. The van der Waals surface area contributed by atoms with E-state index in [9.17, 15) is 13.6 Å². The molecule has 20 heavy (non-hydrogen) atoms. The van der Waals surface area contributed by atoms with Gasteiger partial charge in [0.2, 0.25) is 0 Å². The number of ether oxygens (including phenoxy) is 1. The molecule has 0 aromatic heterocycles. The van der Waals surface area contributed by atoms with E-state index in [0.717, 1.165) is 17.8 Å². The second-order valence-electron chi connectivity index (χ2n) is 3.65. The fourth-order valence-electron chi connectivity index (χ4n) is 1.61. The first-order valence-electron chi connectivity index (χ1n) is 5.25. The number of nitrogens with two attached hydrogens (primary N) is 1. The van der Waals surface area contributed by atoms with Gasteiger partial charge in [0.05, 0.1) is 12.8 Å². The van der Waals surface area contributed by atoms with Crippen LogP contribution in [-0.2, 0) is 9.53 Å². The van der Waals surface area contributed by atoms with E-state index in [2.05, 4.69) is 9.76 Å². The van der Waals surface area contributed by atoms with Crippen molar-refractivity contribution in [2.24, 2.45) is 5.73 Å². The van der Waals surface area contributed by atoms with Crippen molar-refractivity contribution in [3.63, 3.8) is 0 Å². The third-order valence-corrected chi connectivity index (χ3v) is 3.86. The molecule has 2 N–H and O–H groups in total. The smallest absolute Gasteiger partial charge is 0.348 e. The molecule has 0 fully saturated rings. The normalized spacial score (nSPS) is 14.6. The summed E-state index contributed by atoms with van der Waals surface area (Å²) >= 11 is 5.62. The number of methoxy groups -OCH3 is 1. The topological polar surface area (TPSA) is 55.6 Å². The van der Waals surface area contributed by atoms with Crippen molar-refractivity contribution in [3.8, 4) is 0 Å². The van der Waals surface area contributed by atoms with E-state index >= 15 is 0 Å². The van der Waals surface area contributed by atoms with Crippen LogP contribution in [0.3, 0.4) is 0 Å². The number of hydrogen-bond donors (Lipinski definition) is 1. The van der Waals surface area contributed by atoms with Gasteiger partial charge in [-0.25, -0.2) is 13.6 Å². The van der Waals surface area contributed by atoms with Crippen LogP contribution in [0.25, 0.3) is 0 Å². The summed E-state index contributed by atoms with van der Waals surface area (Å²) in [5, 5.41) is 2.63. The zero-order valence-electron chi connectivity index (χ0n) is 10.1. The Morgan fingerprint density at radius 1 is 1.50 bits per heavy atom. The van der Waals surface area contributed by atoms with Crippen LogP contribution in [0.15, 0.2) is 34.0 Å². The van der Waals surface area contributed by atoms with Crippen LogP contribution in [-0.4, -0.2) is 18.1 Å². The number of rotatable bonds is 2. The molecule has 0 bridgehead atoms. The van der Waals surface area contributed by atoms with Crippen molar-refractivity contribution in [2.75, 3.05) is 12.0 Å². The van der Waals surface area contributed by atoms with E-state index in [1.807, 2.05) is 0 Å². The van der Waals surface area contributed by atoms with Gasteiger partial charge in [-0.05, 0) is 29.4 Å². The van der Waals surface area contributed by atoms with E-state index in [1.165, 1.54) is 18.1 Å². The molecule has 0 amide bonds. The largest absolute Gasteiger partial charge is 0.465 e. The molecule has 104 valence electrons. The first-order chi connectivity index (χ1) is 9.49. The molecule has 0 spiro atoms. The third kappa shape index (κ3) is 2.40. The number of carbonyl (C=O) groups excluding carboxylic acids is 1. The summed E-state index contributed by atoms with van der Waals surface area (Å²) in [7, 11) is 1.20. The van der Waals surface area contributed by atoms with E-state index in [4.69, 9.17) is 18.0 Å². The van der Waals surface area contributed by atoms with Gasteiger partial charge in [0.1, 0.15) is 27.4 Å². The fraction of sp³-hybridized carbons (Fsp3) is 0.0833. The Bertz CT molecular complexity index is 669. The summed E-state index contributed by atoms with van der Waals surface area (Å²) in [6.45, 7) is 0. The zero-order chi connectivity index (χ0) is 14.9. The van der Waals surface area contributed by atoms with Crippen molar-refractivity contribution in [2.45, 2.75) is 0 Å². The SMILES string of the molecule is COC(=O)C1=C(N)N(c2ccc(F)cc2F)C(=C=S)S1. The lowest BCUT2D eigenvalue weighted by Crippen LogP contribution is -2.24. The summed E-state index contributed by atoms with van der Waals surface area (Å²) in [5.74, 6) is -2.26. The van der Waals surface area contributed by atoms with Crippen molar-refractivity contribution in [1.82, 2.24) is 0 Å². The van der Waals surface area contributed by atoms with Gasteiger partial charge in [-0.3, -0.25) is 4.90 Å². The summed E-state index contributed by atoms with van der Waals surface area (Å²) in [6.07, 6.45) is 0. The molecule has 1 aromatic rings. The fourth-order valence-corrected chi connectivity index (χ4v) is 2.71. The van der Waals surface area contributed by atoms with Gasteiger partial charge in [0, 0.05) is 6.07 Å². The van der Waals surface area contributed by atoms with Gasteiger partial charge >= 0.3 is 5.97 Å². The Morgan fingerprint density at radius 3 is 2.75 bits per heavy atom. The van der Waals surface area contributed by atoms with E-state index in [-0.39, 0.29) is 21.4 Å². The van der Waals surface area contributed by atoms with Crippen LogP contribution in [0.2, 0.25) is 0 Å². The second-order valence-corrected chi connectivity index (χ2v) is 4.85. The number of benzene rings is 1. The molecule has 1 aromatic carbocycles. The van der Waals surface area contributed by atoms with Gasteiger partial charge in [0.15, 0.2) is 0 Å². The van der Waals surface area contributed by atoms with Gasteiger partial charge in [0.25, 0.3) is 0 Å². The van der Waals surface area contributed by atoms with Crippen LogP contribution in [0.5, 0.6) is 0 Å².